The van der Waals surface area contributed by atoms with Crippen molar-refractivity contribution in [3.8, 4) is 0 Å². The number of hydrogen-bond acceptors (Lipinski definition) is 2. The summed E-state index contributed by atoms with van der Waals surface area (Å²) in [6, 6.07) is 0. The van der Waals surface area contributed by atoms with Crippen LogP contribution in [0.25, 0.3) is 0 Å². The Morgan fingerprint density at radius 2 is 1.85 bits per heavy atom. The summed E-state index contributed by atoms with van der Waals surface area (Å²) in [5.74, 6) is 0.263. The molecule has 74 valence electrons. The number of allylic oxidation sites excluding steroid dienone is 1. The normalized spacial score (nSPS) is 9.62. The van der Waals surface area contributed by atoms with E-state index in [1.165, 1.54) is 0 Å². The molecule has 0 aromatic carbocycles. The molecule has 0 aromatic rings. The average Bonchev–Trinajstić information content (AvgIpc) is 2.04. The Morgan fingerprint density at radius 3 is 2.38 bits per heavy atom. The van der Waals surface area contributed by atoms with Gasteiger partial charge in [-0.3, -0.25) is 4.79 Å². The van der Waals surface area contributed by atoms with Gasteiger partial charge in [0.25, 0.3) is 0 Å². The van der Waals surface area contributed by atoms with E-state index in [0.29, 0.717) is 25.7 Å². The summed E-state index contributed by atoms with van der Waals surface area (Å²) >= 11 is 2.17. The fourth-order valence-electron chi connectivity index (χ4n) is 0.985. The second-order valence-corrected chi connectivity index (χ2v) is 4.49. The summed E-state index contributed by atoms with van der Waals surface area (Å²) in [6.45, 7) is 3.76. The van der Waals surface area contributed by atoms with E-state index in [0.717, 1.165) is 22.7 Å². The Hall–Kier alpha value is -0.190. The van der Waals surface area contributed by atoms with Gasteiger partial charge in [0.1, 0.15) is 12.1 Å². The number of ketones is 1. The third-order valence-electron chi connectivity index (χ3n) is 1.68. The number of carbonyl (C=O) groups is 2. The van der Waals surface area contributed by atoms with Crippen molar-refractivity contribution < 1.29 is 9.59 Å². The van der Waals surface area contributed by atoms with E-state index in [4.69, 9.17) is 0 Å². The fraction of sp³-hybridized carbons (Fsp3) is 0.600. The van der Waals surface area contributed by atoms with E-state index in [1.807, 2.05) is 0 Å². The van der Waals surface area contributed by atoms with Crippen molar-refractivity contribution in [1.82, 2.24) is 0 Å². The topological polar surface area (TPSA) is 34.1 Å². The van der Waals surface area contributed by atoms with Gasteiger partial charge in [0, 0.05) is 19.3 Å². The van der Waals surface area contributed by atoms with Crippen molar-refractivity contribution in [3.05, 3.63) is 10.2 Å². The van der Waals surface area contributed by atoms with Crippen LogP contribution < -0.4 is 0 Å². The predicted molar refractivity (Wildman–Crippen MR) is 61.9 cm³/mol. The van der Waals surface area contributed by atoms with Crippen LogP contribution >= 0.6 is 22.6 Å². The molecule has 3 heteroatoms. The first-order chi connectivity index (χ1) is 6.16. The van der Waals surface area contributed by atoms with E-state index in [2.05, 4.69) is 29.2 Å². The molecule has 0 N–H and O–H groups in total. The summed E-state index contributed by atoms with van der Waals surface area (Å²) in [6.07, 6.45) is 5.05. The molecule has 0 rings (SSSR count). The van der Waals surface area contributed by atoms with Crippen LogP contribution in [0.5, 0.6) is 0 Å². The number of hydrogen-bond donors (Lipinski definition) is 0. The highest BCUT2D eigenvalue weighted by atomic mass is 127. The van der Waals surface area contributed by atoms with Gasteiger partial charge in [-0.1, -0.05) is 6.58 Å². The van der Waals surface area contributed by atoms with Crippen molar-refractivity contribution in [1.29, 1.82) is 0 Å². The smallest absolute Gasteiger partial charge is 0.132 e. The zero-order chi connectivity index (χ0) is 10.1. The van der Waals surface area contributed by atoms with Gasteiger partial charge in [0.2, 0.25) is 0 Å². The van der Waals surface area contributed by atoms with E-state index >= 15 is 0 Å². The zero-order valence-electron chi connectivity index (χ0n) is 7.72. The zero-order valence-corrected chi connectivity index (χ0v) is 9.88. The van der Waals surface area contributed by atoms with Gasteiger partial charge >= 0.3 is 0 Å². The maximum atomic E-state index is 11.2. The van der Waals surface area contributed by atoms with Crippen molar-refractivity contribution in [2.45, 2.75) is 38.5 Å². The summed E-state index contributed by atoms with van der Waals surface area (Å²) in [4.78, 5) is 21.1. The van der Waals surface area contributed by atoms with Gasteiger partial charge in [-0.2, -0.15) is 0 Å². The first-order valence-corrected chi connectivity index (χ1v) is 5.53. The molecule has 0 aromatic heterocycles. The third-order valence-corrected chi connectivity index (χ3v) is 2.22. The van der Waals surface area contributed by atoms with Crippen LogP contribution in [-0.4, -0.2) is 12.1 Å². The number of unbranched alkanes of at least 4 members (excludes halogenated alkanes) is 1. The standard InChI is InChI=1S/C10H15IO2/c1-9(11)5-4-7-10(13)6-2-3-8-12/h8H,1-7H2. The molecule has 13 heavy (non-hydrogen) atoms. The monoisotopic (exact) mass is 294 g/mol. The minimum Gasteiger partial charge on any atom is -0.303 e. The maximum absolute atomic E-state index is 11.2. The Bertz CT molecular complexity index is 187. The summed E-state index contributed by atoms with van der Waals surface area (Å²) in [5, 5.41) is 0. The molecular formula is C10H15IO2. The SMILES string of the molecule is C=C(I)CCCC(=O)CCCC=O. The molecule has 0 spiro atoms. The highest BCUT2D eigenvalue weighted by Crippen LogP contribution is 2.12. The predicted octanol–water partition coefficient (Wildman–Crippen LogP) is 3.04. The molecule has 0 aliphatic carbocycles. The molecule has 0 saturated carbocycles. The largest absolute Gasteiger partial charge is 0.303 e. The number of halogens is 1. The van der Waals surface area contributed by atoms with E-state index in [9.17, 15) is 9.59 Å². The third kappa shape index (κ3) is 9.73. The van der Waals surface area contributed by atoms with Crippen LogP contribution in [0.1, 0.15) is 38.5 Å². The number of aldehydes is 1. The molecular weight excluding hydrogens is 279 g/mol. The molecule has 0 fully saturated rings. The molecule has 0 saturated heterocycles. The van der Waals surface area contributed by atoms with Crippen molar-refractivity contribution in [2.24, 2.45) is 0 Å². The van der Waals surface area contributed by atoms with E-state index in [-0.39, 0.29) is 5.78 Å². The van der Waals surface area contributed by atoms with Gasteiger partial charge in [-0.25, -0.2) is 0 Å². The van der Waals surface area contributed by atoms with E-state index < -0.39 is 0 Å². The van der Waals surface area contributed by atoms with Crippen molar-refractivity contribution in [3.63, 3.8) is 0 Å². The summed E-state index contributed by atoms with van der Waals surface area (Å²) in [5.41, 5.74) is 0. The quantitative estimate of drug-likeness (QED) is 0.392. The summed E-state index contributed by atoms with van der Waals surface area (Å²) < 4.78 is 1.10. The van der Waals surface area contributed by atoms with Crippen LogP contribution in [-0.2, 0) is 9.59 Å². The van der Waals surface area contributed by atoms with Gasteiger partial charge in [0.15, 0.2) is 0 Å². The Balaban J connectivity index is 3.30. The first kappa shape index (κ1) is 12.8. The summed E-state index contributed by atoms with van der Waals surface area (Å²) in [7, 11) is 0. The van der Waals surface area contributed by atoms with Crippen LogP contribution in [0.2, 0.25) is 0 Å². The number of rotatable bonds is 8. The van der Waals surface area contributed by atoms with Crippen LogP contribution in [0.15, 0.2) is 10.2 Å². The Kier molecular flexibility index (Phi) is 8.29. The van der Waals surface area contributed by atoms with E-state index in [1.54, 1.807) is 0 Å². The molecule has 0 amide bonds. The maximum Gasteiger partial charge on any atom is 0.132 e. The molecule has 0 aliphatic rings. The lowest BCUT2D eigenvalue weighted by Gasteiger charge is -1.98. The Labute approximate surface area is 92.9 Å². The highest BCUT2D eigenvalue weighted by molar-refractivity contribution is 14.1. The van der Waals surface area contributed by atoms with Crippen LogP contribution in [0.3, 0.4) is 0 Å². The van der Waals surface area contributed by atoms with Gasteiger partial charge < -0.3 is 4.79 Å². The van der Waals surface area contributed by atoms with Crippen molar-refractivity contribution in [2.75, 3.05) is 0 Å². The molecule has 0 radical (unpaired) electrons. The molecule has 0 aliphatic heterocycles. The lowest BCUT2D eigenvalue weighted by atomic mass is 10.1. The lowest BCUT2D eigenvalue weighted by Crippen LogP contribution is -1.97. The minimum absolute atomic E-state index is 0.263. The van der Waals surface area contributed by atoms with Gasteiger partial charge in [-0.05, 0) is 45.4 Å². The van der Waals surface area contributed by atoms with Gasteiger partial charge in [-0.15, -0.1) is 0 Å². The molecule has 2 nitrogen and oxygen atoms in total. The number of carbonyl (C=O) groups excluding carboxylic acids is 2. The van der Waals surface area contributed by atoms with Gasteiger partial charge in [0.05, 0.1) is 0 Å². The lowest BCUT2D eigenvalue weighted by molar-refractivity contribution is -0.119. The van der Waals surface area contributed by atoms with Crippen LogP contribution in [0, 0.1) is 0 Å². The Morgan fingerprint density at radius 1 is 1.23 bits per heavy atom. The first-order valence-electron chi connectivity index (χ1n) is 4.45. The second kappa shape index (κ2) is 8.41. The average molecular weight is 294 g/mol. The number of Topliss-reactive ketones (excluding diaryl/α,β-unsaturated/α-hetero) is 1. The molecule has 0 unspecified atom stereocenters. The van der Waals surface area contributed by atoms with Crippen molar-refractivity contribution >= 4 is 34.7 Å². The minimum atomic E-state index is 0.263. The second-order valence-electron chi connectivity index (χ2n) is 2.97. The molecule has 0 atom stereocenters. The molecule has 0 heterocycles. The highest BCUT2D eigenvalue weighted by Gasteiger charge is 2.01. The fourth-order valence-corrected chi connectivity index (χ4v) is 1.37. The van der Waals surface area contributed by atoms with Crippen LogP contribution in [0.4, 0.5) is 0 Å². The molecule has 0 bridgehead atoms.